The fourth-order valence-corrected chi connectivity index (χ4v) is 10.5. The largest absolute Gasteiger partial charge is 0.465 e. The topological polar surface area (TPSA) is 54.0 Å². The van der Waals surface area contributed by atoms with Gasteiger partial charge in [-0.1, -0.05) is 47.6 Å². The van der Waals surface area contributed by atoms with Crippen molar-refractivity contribution in [1.29, 1.82) is 0 Å². The molecular weight excluding hydrogens is 360 g/mol. The van der Waals surface area contributed by atoms with Crippen LogP contribution in [0, 0.1) is 5.92 Å². The molecule has 1 saturated heterocycles. The van der Waals surface area contributed by atoms with Gasteiger partial charge >= 0.3 is 5.97 Å². The minimum Gasteiger partial charge on any atom is -0.465 e. The van der Waals surface area contributed by atoms with Crippen molar-refractivity contribution in [3.8, 4) is 11.5 Å². The molecule has 1 aromatic carbocycles. The van der Waals surface area contributed by atoms with E-state index in [0.717, 1.165) is 17.1 Å². The van der Waals surface area contributed by atoms with Crippen molar-refractivity contribution < 1.29 is 23.4 Å². The van der Waals surface area contributed by atoms with Crippen molar-refractivity contribution in [3.05, 3.63) is 23.8 Å². The van der Waals surface area contributed by atoms with Crippen molar-refractivity contribution in [2.45, 2.75) is 70.7 Å². The van der Waals surface area contributed by atoms with Gasteiger partial charge < -0.3 is 18.6 Å². The van der Waals surface area contributed by atoms with Crippen LogP contribution in [0.4, 0.5) is 0 Å². The third-order valence-corrected chi connectivity index (χ3v) is 12.2. The average molecular weight is 393 g/mol. The second kappa shape index (κ2) is 7.84. The molecule has 27 heavy (non-hydrogen) atoms. The van der Waals surface area contributed by atoms with Crippen LogP contribution in [-0.2, 0) is 14.0 Å². The zero-order valence-electron chi connectivity index (χ0n) is 17.3. The monoisotopic (exact) mass is 392 g/mol. The Kier molecular flexibility index (Phi) is 5.86. The third kappa shape index (κ3) is 3.74. The fourth-order valence-electron chi connectivity index (χ4n) is 4.88. The second-order valence-corrected chi connectivity index (χ2v) is 14.0. The third-order valence-electron chi connectivity index (χ3n) is 6.08. The van der Waals surface area contributed by atoms with Crippen molar-refractivity contribution in [3.63, 3.8) is 0 Å². The van der Waals surface area contributed by atoms with E-state index in [0.29, 0.717) is 29.7 Å². The minimum absolute atomic E-state index is 0.0287. The molecule has 2 atom stereocenters. The maximum Gasteiger partial charge on any atom is 0.306 e. The molecule has 1 aromatic rings. The van der Waals surface area contributed by atoms with Gasteiger partial charge in [0.2, 0.25) is 15.1 Å². The Morgan fingerprint density at radius 2 is 1.59 bits per heavy atom. The Morgan fingerprint density at radius 1 is 0.963 bits per heavy atom. The lowest BCUT2D eigenvalue weighted by Gasteiger charge is -2.45. The highest BCUT2D eigenvalue weighted by molar-refractivity contribution is 6.77. The summed E-state index contributed by atoms with van der Waals surface area (Å²) in [4.78, 5) is 11.8. The summed E-state index contributed by atoms with van der Waals surface area (Å²) in [6.07, 6.45) is 0.225. The Hall–Kier alpha value is -1.53. The standard InChI is InChI=1S/C21H32O5Si/c1-13(2)27(14(3)4,15(5)6)26-21(17-10-20(22)23-11-17)16-7-8-18-19(9-16)25-12-24-18/h7-9,13-15,17,21H,10-12H2,1-6H3/t17-,21?/m1/s1. The molecule has 150 valence electrons. The summed E-state index contributed by atoms with van der Waals surface area (Å²) in [5, 5.41) is 0. The molecule has 0 bridgehead atoms. The molecule has 0 aliphatic carbocycles. The van der Waals surface area contributed by atoms with Crippen LogP contribution in [0.15, 0.2) is 18.2 Å². The molecule has 1 unspecified atom stereocenters. The average Bonchev–Trinajstić information content (AvgIpc) is 3.23. The lowest BCUT2D eigenvalue weighted by atomic mass is 9.95. The van der Waals surface area contributed by atoms with E-state index in [1.807, 2.05) is 18.2 Å². The Labute approximate surface area is 163 Å². The summed E-state index contributed by atoms with van der Waals surface area (Å²) in [5.41, 5.74) is 2.44. The number of hydrogen-bond acceptors (Lipinski definition) is 5. The van der Waals surface area contributed by atoms with Gasteiger partial charge in [-0.15, -0.1) is 0 Å². The second-order valence-electron chi connectivity index (χ2n) is 8.62. The molecule has 1 fully saturated rings. The molecule has 0 radical (unpaired) electrons. The Morgan fingerprint density at radius 3 is 2.15 bits per heavy atom. The SMILES string of the molecule is CC(C)[Si](OC(c1ccc2c(c1)OCO2)[C@H]1COC(=O)C1)(C(C)C)C(C)C. The smallest absolute Gasteiger partial charge is 0.306 e. The van der Waals surface area contributed by atoms with Gasteiger partial charge in [-0.25, -0.2) is 0 Å². The van der Waals surface area contributed by atoms with Crippen LogP contribution < -0.4 is 9.47 Å². The molecule has 0 amide bonds. The molecular formula is C21H32O5Si. The molecule has 0 spiro atoms. The number of fused-ring (bicyclic) bond motifs is 1. The van der Waals surface area contributed by atoms with Crippen LogP contribution in [-0.4, -0.2) is 27.7 Å². The number of cyclic esters (lactones) is 1. The van der Waals surface area contributed by atoms with E-state index in [9.17, 15) is 4.79 Å². The highest BCUT2D eigenvalue weighted by atomic mass is 28.4. The molecule has 2 aliphatic rings. The lowest BCUT2D eigenvalue weighted by molar-refractivity contribution is -0.137. The maximum atomic E-state index is 11.8. The van der Waals surface area contributed by atoms with Gasteiger partial charge in [0.25, 0.3) is 0 Å². The zero-order chi connectivity index (χ0) is 19.8. The van der Waals surface area contributed by atoms with Crippen molar-refractivity contribution in [2.75, 3.05) is 13.4 Å². The highest BCUT2D eigenvalue weighted by Crippen LogP contribution is 2.48. The molecule has 0 N–H and O–H groups in total. The van der Waals surface area contributed by atoms with E-state index in [2.05, 4.69) is 41.5 Å². The lowest BCUT2D eigenvalue weighted by Crippen LogP contribution is -2.49. The molecule has 6 heteroatoms. The Balaban J connectivity index is 2.00. The number of esters is 1. The van der Waals surface area contributed by atoms with Crippen LogP contribution >= 0.6 is 0 Å². The maximum absolute atomic E-state index is 11.8. The van der Waals surface area contributed by atoms with Gasteiger partial charge in [0.1, 0.15) is 0 Å². The van der Waals surface area contributed by atoms with Gasteiger partial charge in [0.05, 0.1) is 19.1 Å². The van der Waals surface area contributed by atoms with Gasteiger partial charge in [-0.3, -0.25) is 4.79 Å². The van der Waals surface area contributed by atoms with E-state index < -0.39 is 8.32 Å². The Bertz CT molecular complexity index is 663. The van der Waals surface area contributed by atoms with Gasteiger partial charge in [-0.2, -0.15) is 0 Å². The van der Waals surface area contributed by atoms with E-state index in [-0.39, 0.29) is 24.8 Å². The van der Waals surface area contributed by atoms with Gasteiger partial charge in [0.15, 0.2) is 11.5 Å². The number of carbonyl (C=O) groups excluding carboxylic acids is 1. The first-order chi connectivity index (χ1) is 12.8. The first-order valence-corrected chi connectivity index (χ1v) is 12.1. The summed E-state index contributed by atoms with van der Waals surface area (Å²) >= 11 is 0. The molecule has 2 aliphatic heterocycles. The van der Waals surface area contributed by atoms with Crippen molar-refractivity contribution in [1.82, 2.24) is 0 Å². The normalized spacial score (nSPS) is 20.6. The van der Waals surface area contributed by atoms with Crippen LogP contribution in [0.2, 0.25) is 16.6 Å². The van der Waals surface area contributed by atoms with E-state index in [1.54, 1.807) is 0 Å². The van der Waals surface area contributed by atoms with E-state index in [4.69, 9.17) is 18.6 Å². The first-order valence-electron chi connectivity index (χ1n) is 9.98. The number of rotatable bonds is 7. The van der Waals surface area contributed by atoms with E-state index in [1.165, 1.54) is 0 Å². The predicted octanol–water partition coefficient (Wildman–Crippen LogP) is 5.21. The quantitative estimate of drug-likeness (QED) is 0.471. The van der Waals surface area contributed by atoms with Crippen LogP contribution in [0.25, 0.3) is 0 Å². The molecule has 0 aromatic heterocycles. The molecule has 3 rings (SSSR count). The summed E-state index contributed by atoms with van der Waals surface area (Å²) in [7, 11) is -2.13. The van der Waals surface area contributed by atoms with Crippen LogP contribution in [0.5, 0.6) is 11.5 Å². The highest BCUT2D eigenvalue weighted by Gasteiger charge is 2.49. The molecule has 2 heterocycles. The zero-order valence-corrected chi connectivity index (χ0v) is 18.3. The van der Waals surface area contributed by atoms with Gasteiger partial charge in [0, 0.05) is 5.92 Å². The summed E-state index contributed by atoms with van der Waals surface area (Å²) < 4.78 is 23.4. The van der Waals surface area contributed by atoms with Crippen LogP contribution in [0.1, 0.15) is 59.6 Å². The summed E-state index contributed by atoms with van der Waals surface area (Å²) in [6.45, 7) is 14.3. The predicted molar refractivity (Wildman–Crippen MR) is 107 cm³/mol. The number of hydrogen-bond donors (Lipinski definition) is 0. The number of ether oxygens (including phenoxy) is 3. The van der Waals surface area contributed by atoms with Gasteiger partial charge in [-0.05, 0) is 34.3 Å². The van der Waals surface area contributed by atoms with Crippen LogP contribution in [0.3, 0.4) is 0 Å². The molecule has 5 nitrogen and oxygen atoms in total. The molecule has 0 saturated carbocycles. The van der Waals surface area contributed by atoms with Crippen molar-refractivity contribution >= 4 is 14.3 Å². The summed E-state index contributed by atoms with van der Waals surface area (Å²) in [6, 6.07) is 5.99. The number of carbonyl (C=O) groups is 1. The van der Waals surface area contributed by atoms with E-state index >= 15 is 0 Å². The summed E-state index contributed by atoms with van der Waals surface area (Å²) in [5.74, 6) is 1.40. The number of benzene rings is 1. The first kappa shape index (κ1) is 20.2. The fraction of sp³-hybridized carbons (Fsp3) is 0.667. The van der Waals surface area contributed by atoms with Crippen molar-refractivity contribution in [2.24, 2.45) is 5.92 Å². The minimum atomic E-state index is -2.13.